The van der Waals surface area contributed by atoms with Crippen molar-refractivity contribution >= 4 is 23.9 Å². The third-order valence-electron chi connectivity index (χ3n) is 7.75. The number of hydrogen-bond acceptors (Lipinski definition) is 6. The van der Waals surface area contributed by atoms with Gasteiger partial charge >= 0.3 is 6.09 Å². The molecule has 236 valence electrons. The fourth-order valence-electron chi connectivity index (χ4n) is 5.29. The highest BCUT2D eigenvalue weighted by Gasteiger charge is 2.35. The van der Waals surface area contributed by atoms with E-state index in [-0.39, 0.29) is 30.1 Å². The average molecular weight is 596 g/mol. The Hall–Kier alpha value is -3.81. The molecular weight excluding hydrogens is 548 g/mol. The number of alkyl carbamates (subject to hydrolysis) is 1. The molecule has 0 spiro atoms. The smallest absolute Gasteiger partial charge is 0.408 e. The van der Waals surface area contributed by atoms with Crippen molar-refractivity contribution in [3.63, 3.8) is 0 Å². The summed E-state index contributed by atoms with van der Waals surface area (Å²) in [6.07, 6.45) is 4.74. The number of hydrogen-bond donors (Lipinski definition) is 2. The summed E-state index contributed by atoms with van der Waals surface area (Å²) in [6, 6.07) is 8.10. The summed E-state index contributed by atoms with van der Waals surface area (Å²) in [7, 11) is 0. The van der Waals surface area contributed by atoms with Crippen LogP contribution < -0.4 is 15.4 Å². The molecule has 0 saturated carbocycles. The van der Waals surface area contributed by atoms with Crippen molar-refractivity contribution in [3.8, 4) is 11.8 Å². The molecule has 2 N–H and O–H groups in total. The van der Waals surface area contributed by atoms with Crippen LogP contribution in [0.25, 0.3) is 5.41 Å². The summed E-state index contributed by atoms with van der Waals surface area (Å²) >= 11 is 0. The van der Waals surface area contributed by atoms with Gasteiger partial charge in [0.15, 0.2) is 0 Å². The Kier molecular flexibility index (Phi) is 12.2. The Morgan fingerprint density at radius 3 is 2.37 bits per heavy atom. The first-order chi connectivity index (χ1) is 20.4. The van der Waals surface area contributed by atoms with Gasteiger partial charge in [0.2, 0.25) is 11.9 Å². The molecule has 1 aromatic carbocycles. The predicted octanol–water partition coefficient (Wildman–Crippen LogP) is 4.84. The number of nitrogens with one attached hydrogen (secondary N) is 2. The second kappa shape index (κ2) is 15.6. The van der Waals surface area contributed by atoms with Gasteiger partial charge in [0.1, 0.15) is 23.4 Å². The number of carbonyl (C=O) groups excluding carboxylic acids is 3. The fourth-order valence-corrected chi connectivity index (χ4v) is 5.29. The van der Waals surface area contributed by atoms with E-state index >= 15 is 0 Å². The minimum Gasteiger partial charge on any atom is -0.494 e. The Labute approximate surface area is 255 Å². The van der Waals surface area contributed by atoms with Crippen molar-refractivity contribution in [1.82, 2.24) is 20.4 Å². The van der Waals surface area contributed by atoms with E-state index in [2.05, 4.69) is 16.7 Å². The topological polar surface area (TPSA) is 146 Å². The van der Waals surface area contributed by atoms with Crippen LogP contribution in [0.2, 0.25) is 0 Å². The Morgan fingerprint density at radius 1 is 1.09 bits per heavy atom. The Bertz CT molecular complexity index is 1150. The third kappa shape index (κ3) is 10.8. The van der Waals surface area contributed by atoms with E-state index < -0.39 is 23.8 Å². The number of piperidine rings is 1. The maximum atomic E-state index is 13.4. The normalized spacial score (nSPS) is 18.1. The van der Waals surface area contributed by atoms with Gasteiger partial charge in [0.05, 0.1) is 12.7 Å². The number of carbonyl (C=O) groups is 3. The summed E-state index contributed by atoms with van der Waals surface area (Å²) in [5.41, 5.74) is 0.147. The number of ether oxygens (including phenoxy) is 2. The molecule has 1 aromatic rings. The molecule has 11 heteroatoms. The minimum atomic E-state index is -0.855. The Morgan fingerprint density at radius 2 is 1.77 bits per heavy atom. The first-order valence-corrected chi connectivity index (χ1v) is 15.4. The van der Waals surface area contributed by atoms with E-state index in [1.54, 1.807) is 30.6 Å². The molecule has 0 radical (unpaired) electrons. The highest BCUT2D eigenvalue weighted by atomic mass is 16.6. The lowest BCUT2D eigenvalue weighted by Gasteiger charge is -2.35. The van der Waals surface area contributed by atoms with E-state index in [0.717, 1.165) is 43.4 Å². The quantitative estimate of drug-likeness (QED) is 0.225. The summed E-state index contributed by atoms with van der Waals surface area (Å²) in [5, 5.41) is 24.6. The number of benzene rings is 1. The van der Waals surface area contributed by atoms with E-state index in [1.165, 1.54) is 0 Å². The maximum absolute atomic E-state index is 13.4. The predicted molar refractivity (Wildman–Crippen MR) is 164 cm³/mol. The van der Waals surface area contributed by atoms with E-state index in [1.807, 2.05) is 38.1 Å². The van der Waals surface area contributed by atoms with Crippen LogP contribution in [0.15, 0.2) is 24.3 Å². The summed E-state index contributed by atoms with van der Waals surface area (Å²) < 4.78 is 11.3. The number of likely N-dealkylation sites (tertiary alicyclic amines) is 2. The lowest BCUT2D eigenvalue weighted by Crippen LogP contribution is -2.51. The zero-order valence-corrected chi connectivity index (χ0v) is 26.2. The molecule has 43 heavy (non-hydrogen) atoms. The van der Waals surface area contributed by atoms with Crippen LogP contribution >= 0.6 is 0 Å². The lowest BCUT2D eigenvalue weighted by molar-refractivity contribution is -0.133. The number of nitriles is 1. The van der Waals surface area contributed by atoms with Crippen LogP contribution in [0.3, 0.4) is 0 Å². The number of rotatable bonds is 10. The van der Waals surface area contributed by atoms with Gasteiger partial charge in [-0.2, -0.15) is 5.26 Å². The highest BCUT2D eigenvalue weighted by molar-refractivity contribution is 6.00. The molecule has 11 nitrogen and oxygen atoms in total. The molecule has 2 saturated heterocycles. The molecule has 2 fully saturated rings. The molecular formula is C32H47N6O5-. The molecule has 3 rings (SSSR count). The molecule has 1 unspecified atom stereocenters. The standard InChI is InChI=1S/C32H47N6O5/c1-22(2)28(34)36-30(40)37-17-14-23(15-18-37)8-7-19-42-26-12-10-24(11-13-26)20-27(35-31(41)43-32(3,4)5)29(39)38-16-6-9-25(38)21-33/h10-13,22-23,25,27H,6-9,14-20H2,1-5H3,(H2-,34,35,36,40,41)/q-1/t25-,27?/m0/s1. The van der Waals surface area contributed by atoms with Gasteiger partial charge in [-0.05, 0) is 88.8 Å². The first kappa shape index (κ1) is 33.7. The van der Waals surface area contributed by atoms with Crippen LogP contribution in [0.5, 0.6) is 5.75 Å². The maximum Gasteiger partial charge on any atom is 0.408 e. The SMILES string of the molecule is CC(C)C(=[N-])NC(=O)N1CCC(CCCOc2ccc(CC(NC(=O)OC(C)(C)C)C(=O)N3CCC[C@H]3C#N)cc2)CC1. The van der Waals surface area contributed by atoms with Gasteiger partial charge in [0, 0.05) is 26.1 Å². The summed E-state index contributed by atoms with van der Waals surface area (Å²) in [6.45, 7) is 11.3. The number of urea groups is 1. The lowest BCUT2D eigenvalue weighted by atomic mass is 9.92. The molecule has 2 aliphatic rings. The van der Waals surface area contributed by atoms with Gasteiger partial charge in [-0.15, -0.1) is 0 Å². The summed E-state index contributed by atoms with van der Waals surface area (Å²) in [4.78, 5) is 41.5. The van der Waals surface area contributed by atoms with Crippen molar-refractivity contribution in [2.75, 3.05) is 26.2 Å². The van der Waals surface area contributed by atoms with Gasteiger partial charge < -0.3 is 35.3 Å². The summed E-state index contributed by atoms with van der Waals surface area (Å²) in [5.74, 6) is 0.857. The minimum absolute atomic E-state index is 0.00102. The van der Waals surface area contributed by atoms with E-state index in [4.69, 9.17) is 9.47 Å². The van der Waals surface area contributed by atoms with Gasteiger partial charge in [-0.1, -0.05) is 31.8 Å². The van der Waals surface area contributed by atoms with Crippen LogP contribution in [-0.2, 0) is 16.0 Å². The third-order valence-corrected chi connectivity index (χ3v) is 7.75. The van der Waals surface area contributed by atoms with Crippen molar-refractivity contribution in [3.05, 3.63) is 35.2 Å². The van der Waals surface area contributed by atoms with Gasteiger partial charge in [-0.3, -0.25) is 9.59 Å². The van der Waals surface area contributed by atoms with Crippen molar-refractivity contribution in [2.24, 2.45) is 11.8 Å². The number of amides is 4. The van der Waals surface area contributed by atoms with Crippen molar-refractivity contribution in [2.45, 2.75) is 97.2 Å². The van der Waals surface area contributed by atoms with E-state index in [9.17, 15) is 25.1 Å². The van der Waals surface area contributed by atoms with Crippen LogP contribution in [0, 0.1) is 23.2 Å². The van der Waals surface area contributed by atoms with Crippen LogP contribution in [0.4, 0.5) is 9.59 Å². The number of nitrogens with zero attached hydrogens (tertiary/aromatic N) is 4. The molecule has 2 atom stereocenters. The average Bonchev–Trinajstić information content (AvgIpc) is 3.43. The van der Waals surface area contributed by atoms with Crippen molar-refractivity contribution in [1.29, 1.82) is 5.26 Å². The fraction of sp³-hybridized carbons (Fsp3) is 0.656. The van der Waals surface area contributed by atoms with Gasteiger partial charge in [0.25, 0.3) is 0 Å². The molecule has 0 bridgehead atoms. The molecule has 4 amide bonds. The zero-order valence-electron chi connectivity index (χ0n) is 26.2. The molecule has 2 aliphatic heterocycles. The molecule has 2 heterocycles. The van der Waals surface area contributed by atoms with Gasteiger partial charge in [-0.25, -0.2) is 4.79 Å². The van der Waals surface area contributed by atoms with E-state index in [0.29, 0.717) is 38.6 Å². The largest absolute Gasteiger partial charge is 0.494 e. The monoisotopic (exact) mass is 595 g/mol. The second-order valence-electron chi connectivity index (χ2n) is 12.8. The van der Waals surface area contributed by atoms with Crippen LogP contribution in [0.1, 0.15) is 78.7 Å². The zero-order chi connectivity index (χ0) is 31.6. The number of amidine groups is 1. The Balaban J connectivity index is 1.46. The van der Waals surface area contributed by atoms with Crippen LogP contribution in [-0.4, -0.2) is 77.6 Å². The molecule has 0 aromatic heterocycles. The van der Waals surface area contributed by atoms with Crippen molar-refractivity contribution < 1.29 is 23.9 Å². The first-order valence-electron chi connectivity index (χ1n) is 15.4. The highest BCUT2D eigenvalue weighted by Crippen LogP contribution is 2.23. The molecule has 0 aliphatic carbocycles. The second-order valence-corrected chi connectivity index (χ2v) is 12.8.